The Hall–Kier alpha value is -2.09. The molecule has 0 saturated carbocycles. The molecule has 1 aromatic heterocycles. The lowest BCUT2D eigenvalue weighted by Gasteiger charge is -2.18. The number of nitrogens with one attached hydrogen (secondary N) is 1. The second-order valence-corrected chi connectivity index (χ2v) is 5.64. The van der Waals surface area contributed by atoms with Crippen molar-refractivity contribution in [2.75, 3.05) is 0 Å². The fourth-order valence-corrected chi connectivity index (χ4v) is 3.09. The first-order chi connectivity index (χ1) is 10.1. The first-order valence-corrected chi connectivity index (χ1v) is 7.16. The van der Waals surface area contributed by atoms with Gasteiger partial charge >= 0.3 is 0 Å². The third-order valence-corrected chi connectivity index (χ3v) is 4.47. The Morgan fingerprint density at radius 3 is 2.90 bits per heavy atom. The summed E-state index contributed by atoms with van der Waals surface area (Å²) in [7, 11) is 1.90. The Morgan fingerprint density at radius 1 is 1.43 bits per heavy atom. The smallest absolute Gasteiger partial charge is 0.120 e. The zero-order chi connectivity index (χ0) is 15.0. The highest BCUT2D eigenvalue weighted by molar-refractivity contribution is 5.37. The highest BCUT2D eigenvalue weighted by Gasteiger charge is 2.30. The molecule has 1 heterocycles. The first kappa shape index (κ1) is 13.9. The number of nitrogens with zero attached hydrogens (tertiary/aromatic N) is 2. The van der Waals surface area contributed by atoms with Crippen molar-refractivity contribution >= 4 is 0 Å². The average molecular weight is 281 g/mol. The molecule has 0 radical (unpaired) electrons. The molecule has 108 valence electrons. The van der Waals surface area contributed by atoms with Crippen molar-refractivity contribution in [2.45, 2.75) is 32.0 Å². The molecule has 0 saturated heterocycles. The van der Waals surface area contributed by atoms with Crippen LogP contribution in [0.25, 0.3) is 0 Å². The third kappa shape index (κ3) is 2.35. The van der Waals surface area contributed by atoms with Gasteiger partial charge in [0.2, 0.25) is 0 Å². The van der Waals surface area contributed by atoms with Crippen LogP contribution in [0.5, 0.6) is 0 Å². The summed E-state index contributed by atoms with van der Waals surface area (Å²) in [4.78, 5) is 0. The Labute approximate surface area is 124 Å². The van der Waals surface area contributed by atoms with Gasteiger partial charge in [0.1, 0.15) is 11.8 Å². The van der Waals surface area contributed by atoms with Gasteiger partial charge in [0.15, 0.2) is 0 Å². The van der Waals surface area contributed by atoms with E-state index in [4.69, 9.17) is 5.26 Å². The lowest BCUT2D eigenvalue weighted by Crippen LogP contribution is -2.28. The van der Waals surface area contributed by atoms with Crippen LogP contribution in [-0.2, 0) is 20.0 Å². The van der Waals surface area contributed by atoms with E-state index >= 15 is 0 Å². The van der Waals surface area contributed by atoms with E-state index < -0.39 is 0 Å². The van der Waals surface area contributed by atoms with Crippen LogP contribution in [0.15, 0.2) is 30.3 Å². The molecule has 2 unspecified atom stereocenters. The van der Waals surface area contributed by atoms with Gasteiger partial charge in [0.25, 0.3) is 0 Å². The van der Waals surface area contributed by atoms with Gasteiger partial charge in [0, 0.05) is 25.7 Å². The van der Waals surface area contributed by atoms with Crippen LogP contribution in [0.1, 0.15) is 34.1 Å². The lowest BCUT2D eigenvalue weighted by atomic mass is 10.1. The molecule has 2 atom stereocenters. The summed E-state index contributed by atoms with van der Waals surface area (Å²) in [5.41, 5.74) is 5.24. The van der Waals surface area contributed by atoms with Crippen LogP contribution in [0, 0.1) is 18.3 Å². The summed E-state index contributed by atoms with van der Waals surface area (Å²) in [6.45, 7) is 2.66. The van der Waals surface area contributed by atoms with Crippen LogP contribution in [0.2, 0.25) is 0 Å². The third-order valence-electron chi connectivity index (χ3n) is 4.47. The molecular formula is C17H19N3O. The van der Waals surface area contributed by atoms with E-state index in [9.17, 15) is 5.11 Å². The Balaban J connectivity index is 1.78. The highest BCUT2D eigenvalue weighted by atomic mass is 16.3. The predicted octanol–water partition coefficient (Wildman–Crippen LogP) is 1.95. The van der Waals surface area contributed by atoms with Crippen LogP contribution >= 0.6 is 0 Å². The minimum absolute atomic E-state index is 0.0358. The van der Waals surface area contributed by atoms with Crippen LogP contribution in [0.3, 0.4) is 0 Å². The van der Waals surface area contributed by atoms with Crippen molar-refractivity contribution in [3.05, 3.63) is 58.4 Å². The number of fused-ring (bicyclic) bond motifs is 1. The maximum absolute atomic E-state index is 10.2. The van der Waals surface area contributed by atoms with Crippen molar-refractivity contribution in [3.8, 4) is 6.07 Å². The maximum Gasteiger partial charge on any atom is 0.120 e. The van der Waals surface area contributed by atoms with Crippen LogP contribution in [0.4, 0.5) is 0 Å². The van der Waals surface area contributed by atoms with E-state index in [1.54, 1.807) is 0 Å². The SMILES string of the molecule is Cc1c(CNC2c3ccccc3CC2O)cc(C#N)n1C. The molecule has 1 aliphatic carbocycles. The standard InChI is InChI=1S/C17H19N3O/c1-11-13(7-14(9-18)20(11)2)10-19-17-15-6-4-3-5-12(15)8-16(17)21/h3-7,16-17,19,21H,8,10H2,1-2H3. The van der Waals surface area contributed by atoms with Gasteiger partial charge in [-0.15, -0.1) is 0 Å². The minimum atomic E-state index is -0.387. The number of aliphatic hydroxyl groups excluding tert-OH is 1. The fraction of sp³-hybridized carbons (Fsp3) is 0.353. The summed E-state index contributed by atoms with van der Waals surface area (Å²) in [5.74, 6) is 0. The molecule has 1 aliphatic rings. The van der Waals surface area contributed by atoms with E-state index in [-0.39, 0.29) is 12.1 Å². The maximum atomic E-state index is 10.2. The molecule has 4 heteroatoms. The zero-order valence-electron chi connectivity index (χ0n) is 12.3. The molecule has 2 aromatic rings. The van der Waals surface area contributed by atoms with Gasteiger partial charge in [-0.25, -0.2) is 0 Å². The molecule has 1 aromatic carbocycles. The number of rotatable bonds is 3. The average Bonchev–Trinajstić information content (AvgIpc) is 2.95. The minimum Gasteiger partial charge on any atom is -0.391 e. The molecule has 2 N–H and O–H groups in total. The molecule has 0 spiro atoms. The summed E-state index contributed by atoms with van der Waals surface area (Å²) >= 11 is 0. The van der Waals surface area contributed by atoms with Crippen molar-refractivity contribution < 1.29 is 5.11 Å². The Kier molecular flexibility index (Phi) is 3.54. The molecule has 0 aliphatic heterocycles. The number of hydrogen-bond acceptors (Lipinski definition) is 3. The van der Waals surface area contributed by atoms with Crippen molar-refractivity contribution in [3.63, 3.8) is 0 Å². The summed E-state index contributed by atoms with van der Waals surface area (Å²) < 4.78 is 1.90. The molecule has 0 bridgehead atoms. The topological polar surface area (TPSA) is 61.0 Å². The molecule has 21 heavy (non-hydrogen) atoms. The van der Waals surface area contributed by atoms with Gasteiger partial charge in [-0.3, -0.25) is 0 Å². The second kappa shape index (κ2) is 5.36. The van der Waals surface area contributed by atoms with Gasteiger partial charge in [-0.1, -0.05) is 24.3 Å². The van der Waals surface area contributed by atoms with E-state index in [0.717, 1.165) is 11.3 Å². The van der Waals surface area contributed by atoms with E-state index in [1.807, 2.05) is 36.7 Å². The number of aromatic nitrogens is 1. The van der Waals surface area contributed by atoms with Crippen molar-refractivity contribution in [1.29, 1.82) is 5.26 Å². The van der Waals surface area contributed by atoms with Crippen molar-refractivity contribution in [1.82, 2.24) is 9.88 Å². The van der Waals surface area contributed by atoms with Crippen molar-refractivity contribution in [2.24, 2.45) is 7.05 Å². The number of nitriles is 1. The first-order valence-electron chi connectivity index (χ1n) is 7.16. The van der Waals surface area contributed by atoms with E-state index in [2.05, 4.69) is 23.5 Å². The quantitative estimate of drug-likeness (QED) is 0.904. The molecule has 3 rings (SSSR count). The fourth-order valence-electron chi connectivity index (χ4n) is 3.09. The summed E-state index contributed by atoms with van der Waals surface area (Å²) in [6.07, 6.45) is 0.312. The molecule has 0 fully saturated rings. The van der Waals surface area contributed by atoms with E-state index in [1.165, 1.54) is 11.1 Å². The Morgan fingerprint density at radius 2 is 2.19 bits per heavy atom. The zero-order valence-corrected chi connectivity index (χ0v) is 12.3. The van der Waals surface area contributed by atoms with Crippen LogP contribution in [-0.4, -0.2) is 15.8 Å². The van der Waals surface area contributed by atoms with Gasteiger partial charge in [0.05, 0.1) is 12.1 Å². The van der Waals surface area contributed by atoms with Gasteiger partial charge < -0.3 is 15.0 Å². The van der Waals surface area contributed by atoms with E-state index in [0.29, 0.717) is 18.7 Å². The molecule has 0 amide bonds. The molecular weight excluding hydrogens is 262 g/mol. The van der Waals surface area contributed by atoms with Gasteiger partial charge in [-0.05, 0) is 29.7 Å². The van der Waals surface area contributed by atoms with Crippen LogP contribution < -0.4 is 5.32 Å². The number of hydrogen-bond donors (Lipinski definition) is 2. The number of benzene rings is 1. The largest absolute Gasteiger partial charge is 0.391 e. The normalized spacial score (nSPS) is 20.3. The monoisotopic (exact) mass is 281 g/mol. The molecule has 4 nitrogen and oxygen atoms in total. The number of aliphatic hydroxyl groups is 1. The summed E-state index contributed by atoms with van der Waals surface area (Å²) in [5, 5.41) is 22.8. The predicted molar refractivity (Wildman–Crippen MR) is 80.6 cm³/mol. The summed E-state index contributed by atoms with van der Waals surface area (Å²) in [6, 6.07) is 12.2. The Bertz CT molecular complexity index is 711. The lowest BCUT2D eigenvalue weighted by molar-refractivity contribution is 0.140. The highest BCUT2D eigenvalue weighted by Crippen LogP contribution is 2.31. The van der Waals surface area contributed by atoms with Gasteiger partial charge in [-0.2, -0.15) is 5.26 Å². The second-order valence-electron chi connectivity index (χ2n) is 5.64.